The van der Waals surface area contributed by atoms with Crippen LogP contribution in [0, 0.1) is 4.77 Å². The number of nitrogens with one attached hydrogen (secondary N) is 1. The van der Waals surface area contributed by atoms with Crippen LogP contribution in [0.1, 0.15) is 94.9 Å². The fourth-order valence-electron chi connectivity index (χ4n) is 6.37. The highest BCUT2D eigenvalue weighted by Gasteiger charge is 2.48. The van der Waals surface area contributed by atoms with Gasteiger partial charge in [0.05, 0.1) is 55.2 Å². The number of aromatic amines is 1. The van der Waals surface area contributed by atoms with Crippen molar-refractivity contribution in [1.29, 1.82) is 0 Å². The number of rotatable bonds is 12. The first kappa shape index (κ1) is 54.2. The number of benzene rings is 2. The van der Waals surface area contributed by atoms with Gasteiger partial charge in [0.1, 0.15) is 11.2 Å². The Morgan fingerprint density at radius 1 is 0.773 bits per heavy atom. The molecule has 2 aromatic carbocycles. The molecule has 0 saturated carbocycles. The van der Waals surface area contributed by atoms with E-state index < -0.39 is 63.2 Å². The molecule has 4 atom stereocenters. The molecule has 0 amide bonds. The summed E-state index contributed by atoms with van der Waals surface area (Å²) in [5, 5.41) is 22.6. The molecule has 1 N–H and O–H groups in total. The van der Waals surface area contributed by atoms with Gasteiger partial charge < -0.3 is 28.4 Å². The number of hydrogen-bond acceptors (Lipinski definition) is 18. The summed E-state index contributed by atoms with van der Waals surface area (Å²) in [4.78, 5) is 24.1. The Morgan fingerprint density at radius 3 is 1.71 bits per heavy atom. The maximum atomic E-state index is 12.3. The zero-order valence-corrected chi connectivity index (χ0v) is 40.8. The van der Waals surface area contributed by atoms with Crippen molar-refractivity contribution in [1.82, 2.24) is 40.4 Å². The van der Waals surface area contributed by atoms with Crippen LogP contribution in [0.15, 0.2) is 65.8 Å². The Kier molecular flexibility index (Phi) is 18.6. The van der Waals surface area contributed by atoms with E-state index >= 15 is 0 Å². The minimum Gasteiger partial charge on any atom is -0.460 e. The lowest BCUT2D eigenvalue weighted by Crippen LogP contribution is -2.47. The van der Waals surface area contributed by atoms with E-state index in [0.29, 0.717) is 22.1 Å². The van der Waals surface area contributed by atoms with Crippen LogP contribution in [-0.2, 0) is 52.3 Å². The minimum atomic E-state index is -5.71. The van der Waals surface area contributed by atoms with Crippen LogP contribution in [0.3, 0.4) is 0 Å². The number of carbonyl (C=O) groups is 2. The molecule has 0 radical (unpaired) electrons. The number of esters is 2. The molecule has 2 aliphatic rings. The Balaban J connectivity index is 0.000000233. The number of para-hydroxylation sites is 2. The zero-order chi connectivity index (χ0) is 49.1. The smallest absolute Gasteiger partial charge is 0.460 e. The van der Waals surface area contributed by atoms with Gasteiger partial charge in [-0.1, -0.05) is 58.5 Å². The van der Waals surface area contributed by atoms with Crippen molar-refractivity contribution < 1.29 is 63.8 Å². The van der Waals surface area contributed by atoms with Crippen molar-refractivity contribution >= 4 is 46.0 Å². The van der Waals surface area contributed by atoms with Gasteiger partial charge in [-0.05, 0) is 116 Å². The lowest BCUT2D eigenvalue weighted by molar-refractivity contribution is -0.303. The molecule has 2 fully saturated rings. The quantitative estimate of drug-likeness (QED) is 0.0486. The topological polar surface area (TPSA) is 223 Å². The number of hydrogen-bond donors (Lipinski definition) is 1. The fraction of sp³-hybridized carbons (Fsp3) is 0.610. The molecule has 19 nitrogen and oxygen atoms in total. The summed E-state index contributed by atoms with van der Waals surface area (Å²) in [6.07, 6.45) is -1.42. The van der Waals surface area contributed by atoms with E-state index in [9.17, 15) is 31.2 Å². The summed E-state index contributed by atoms with van der Waals surface area (Å²) in [7, 11) is -5.71. The highest BCUT2D eigenvalue weighted by Crippen LogP contribution is 2.33. The van der Waals surface area contributed by atoms with E-state index in [2.05, 4.69) is 35.2 Å². The van der Waals surface area contributed by atoms with E-state index in [1.165, 1.54) is 25.6 Å². The van der Waals surface area contributed by atoms with Gasteiger partial charge >= 0.3 is 27.6 Å². The third-order valence-corrected chi connectivity index (χ3v) is 10.8. The third kappa shape index (κ3) is 18.4. The molecule has 2 aromatic heterocycles. The molecule has 2 saturated heterocycles. The molecule has 4 heterocycles. The number of tetrazole rings is 2. The Hall–Kier alpha value is -4.37. The number of aromatic nitrogens is 8. The number of alkyl halides is 3. The van der Waals surface area contributed by atoms with Gasteiger partial charge in [-0.3, -0.25) is 13.8 Å². The highest BCUT2D eigenvalue weighted by molar-refractivity contribution is 7.99. The SMILES string of the molecule is CC(C)(C)OC(=O)C[C@H]1C[C@@H](COS(=O)(=O)C(F)(F)F)OC(C)(C)O1.CC(C)(C)OC(=O)C[C@H]1C[C@@H](CSc2nnnn2-c2ccccc2)OC(C)(C)O1.S=c1nn[nH]n1-c1ccccc1. The Labute approximate surface area is 390 Å². The first-order valence-corrected chi connectivity index (χ1v) is 23.4. The summed E-state index contributed by atoms with van der Waals surface area (Å²) < 4.78 is 100. The maximum Gasteiger partial charge on any atom is 0.523 e. The van der Waals surface area contributed by atoms with Crippen LogP contribution >= 0.6 is 24.0 Å². The number of halogens is 3. The molecule has 0 spiro atoms. The van der Waals surface area contributed by atoms with Gasteiger partial charge in [-0.2, -0.15) is 31.5 Å². The average molecular weight is 991 g/mol. The lowest BCUT2D eigenvalue weighted by Gasteiger charge is -2.40. The standard InChI is InChI=1S/C20H28N4O4S.C14H23F3O7S.C7H6N4S/c1-19(2,3)28-17(25)12-15-11-16(27-20(4,5)26-15)13-29-18-21-22-23-24(18)14-9-7-6-8-10-14;1-12(2,3)24-11(18)7-9-6-10(23-13(4,5)22-9)8-21-25(19,20)14(15,16)17;12-7-8-9-10-11(7)6-4-2-1-3-5-6/h6-10,15-16H,11-13H2,1-5H3;9-10H,6-8H2,1-5H3;1-5H,(H,8,10,12)/t15-,16+;9-,10+;/m11./s1. The van der Waals surface area contributed by atoms with Gasteiger partial charge in [0.15, 0.2) is 11.6 Å². The fourth-order valence-corrected chi connectivity index (χ4v) is 7.92. The van der Waals surface area contributed by atoms with Crippen molar-refractivity contribution in [3.8, 4) is 11.4 Å². The number of carbonyl (C=O) groups excluding carboxylic acids is 2. The summed E-state index contributed by atoms with van der Waals surface area (Å²) in [5.41, 5.74) is -4.88. The number of nitrogens with zero attached hydrogens (tertiary/aromatic N) is 7. The van der Waals surface area contributed by atoms with Gasteiger partial charge in [0, 0.05) is 18.6 Å². The monoisotopic (exact) mass is 990 g/mol. The molecule has 4 aromatic rings. The minimum absolute atomic E-state index is 0.0178. The molecule has 6 rings (SSSR count). The summed E-state index contributed by atoms with van der Waals surface area (Å²) >= 11 is 6.44. The second-order valence-electron chi connectivity index (χ2n) is 17.8. The van der Waals surface area contributed by atoms with Crippen LogP contribution in [0.5, 0.6) is 0 Å². The summed E-state index contributed by atoms with van der Waals surface area (Å²) in [5.74, 6) is -2.16. The van der Waals surface area contributed by atoms with E-state index in [1.54, 1.807) is 30.1 Å². The maximum absolute atomic E-state index is 12.3. The van der Waals surface area contributed by atoms with Gasteiger partial charge in [0.2, 0.25) is 9.93 Å². The average Bonchev–Trinajstić information content (AvgIpc) is 3.83. The first-order valence-electron chi connectivity index (χ1n) is 20.6. The second-order valence-corrected chi connectivity index (χ2v) is 20.7. The molecular weight excluding hydrogens is 934 g/mol. The van der Waals surface area contributed by atoms with E-state index in [4.69, 9.17) is 40.6 Å². The van der Waals surface area contributed by atoms with Crippen molar-refractivity contribution in [2.24, 2.45) is 0 Å². The largest absolute Gasteiger partial charge is 0.523 e. The predicted molar refractivity (Wildman–Crippen MR) is 235 cm³/mol. The number of H-pyrrole nitrogens is 1. The van der Waals surface area contributed by atoms with Crippen LogP contribution in [0.4, 0.5) is 13.2 Å². The molecule has 0 bridgehead atoms. The van der Waals surface area contributed by atoms with E-state index in [1.807, 2.05) is 95.3 Å². The molecule has 25 heteroatoms. The molecule has 0 unspecified atom stereocenters. The zero-order valence-electron chi connectivity index (χ0n) is 38.3. The Bertz CT molecular complexity index is 2340. The van der Waals surface area contributed by atoms with Crippen LogP contribution in [0.25, 0.3) is 11.4 Å². The lowest BCUT2D eigenvalue weighted by atomic mass is 10.1. The predicted octanol–water partition coefficient (Wildman–Crippen LogP) is 7.22. The molecule has 2 aliphatic heterocycles. The molecule has 366 valence electrons. The van der Waals surface area contributed by atoms with Crippen molar-refractivity contribution in [3.05, 3.63) is 65.4 Å². The first-order chi connectivity index (χ1) is 30.5. The number of thioether (sulfide) groups is 1. The third-order valence-electron chi connectivity index (χ3n) is 8.50. The van der Waals surface area contributed by atoms with E-state index in [0.717, 1.165) is 11.4 Å². The summed E-state index contributed by atoms with van der Waals surface area (Å²) in [6.45, 7) is 16.5. The van der Waals surface area contributed by atoms with Crippen LogP contribution in [-0.4, -0.2) is 126 Å². The number of ether oxygens (including phenoxy) is 6. The normalized spacial score (nSPS) is 20.7. The molecule has 66 heavy (non-hydrogen) atoms. The molecular formula is C41H57F3N8O11S3. The summed E-state index contributed by atoms with van der Waals surface area (Å²) in [6, 6.07) is 19.4. The van der Waals surface area contributed by atoms with Crippen LogP contribution in [0.2, 0.25) is 0 Å². The van der Waals surface area contributed by atoms with Crippen LogP contribution < -0.4 is 0 Å². The van der Waals surface area contributed by atoms with Crippen molar-refractivity contribution in [3.63, 3.8) is 0 Å². The Morgan fingerprint density at radius 2 is 1.24 bits per heavy atom. The van der Waals surface area contributed by atoms with Gasteiger partial charge in [-0.25, -0.2) is 4.68 Å². The molecule has 0 aliphatic carbocycles. The van der Waals surface area contributed by atoms with Crippen molar-refractivity contribution in [2.45, 2.75) is 153 Å². The van der Waals surface area contributed by atoms with E-state index in [-0.39, 0.29) is 37.4 Å². The van der Waals surface area contributed by atoms with Crippen molar-refractivity contribution in [2.75, 3.05) is 12.4 Å². The van der Waals surface area contributed by atoms with Gasteiger partial charge in [0.25, 0.3) is 0 Å². The highest BCUT2D eigenvalue weighted by atomic mass is 32.2. The second kappa shape index (κ2) is 22.6. The van der Waals surface area contributed by atoms with Gasteiger partial charge in [-0.15, -0.1) is 5.10 Å².